The third-order valence-corrected chi connectivity index (χ3v) is 3.89. The van der Waals surface area contributed by atoms with Crippen LogP contribution >= 0.6 is 12.4 Å². The van der Waals surface area contributed by atoms with Gasteiger partial charge in [-0.1, -0.05) is 32.1 Å². The fourth-order valence-corrected chi connectivity index (χ4v) is 2.38. The predicted octanol–water partition coefficient (Wildman–Crippen LogP) is 2.57. The van der Waals surface area contributed by atoms with Gasteiger partial charge < -0.3 is 10.6 Å². The molecule has 17 heavy (non-hydrogen) atoms. The van der Waals surface area contributed by atoms with E-state index < -0.39 is 0 Å². The summed E-state index contributed by atoms with van der Waals surface area (Å²) in [6.45, 7) is 2.55. The number of halogens is 1. The van der Waals surface area contributed by atoms with Gasteiger partial charge in [-0.2, -0.15) is 0 Å². The van der Waals surface area contributed by atoms with Crippen LogP contribution in [-0.2, 0) is 4.79 Å². The number of hydrogen-bond acceptors (Lipinski definition) is 2. The summed E-state index contributed by atoms with van der Waals surface area (Å²) in [4.78, 5) is 13.7. The zero-order chi connectivity index (χ0) is 12.0. The zero-order valence-electron chi connectivity index (χ0n) is 11.2. The normalized spacial score (nSPS) is 18.3. The van der Waals surface area contributed by atoms with Gasteiger partial charge >= 0.3 is 0 Å². The molecule has 1 fully saturated rings. The molecule has 0 aromatic heterocycles. The summed E-state index contributed by atoms with van der Waals surface area (Å²) in [5.41, 5.74) is 5.56. The molecule has 0 spiro atoms. The Kier molecular flexibility index (Phi) is 8.61. The van der Waals surface area contributed by atoms with Crippen LogP contribution in [0.3, 0.4) is 0 Å². The lowest BCUT2D eigenvalue weighted by Gasteiger charge is -2.26. The van der Waals surface area contributed by atoms with Crippen LogP contribution in [0.1, 0.15) is 51.9 Å². The van der Waals surface area contributed by atoms with Gasteiger partial charge in [0.25, 0.3) is 0 Å². The molecule has 1 aliphatic rings. The Balaban J connectivity index is 0.00000256. The molecule has 4 heteroatoms. The predicted molar refractivity (Wildman–Crippen MR) is 74.3 cm³/mol. The largest absolute Gasteiger partial charge is 0.342 e. The van der Waals surface area contributed by atoms with Crippen molar-refractivity contribution < 1.29 is 4.79 Å². The number of carbonyl (C=O) groups excluding carboxylic acids is 1. The first-order valence-electron chi connectivity index (χ1n) is 6.61. The molecular formula is C13H27ClN2O. The van der Waals surface area contributed by atoms with Crippen molar-refractivity contribution in [2.75, 3.05) is 13.6 Å². The van der Waals surface area contributed by atoms with Gasteiger partial charge in [0.2, 0.25) is 5.91 Å². The maximum Gasteiger partial charge on any atom is 0.222 e. The summed E-state index contributed by atoms with van der Waals surface area (Å²) < 4.78 is 0. The van der Waals surface area contributed by atoms with Crippen molar-refractivity contribution in [1.82, 2.24) is 4.90 Å². The Labute approximate surface area is 112 Å². The number of amides is 1. The van der Waals surface area contributed by atoms with Crippen molar-refractivity contribution in [1.29, 1.82) is 0 Å². The third-order valence-electron chi connectivity index (χ3n) is 3.89. The van der Waals surface area contributed by atoms with E-state index in [1.807, 2.05) is 14.0 Å². The molecule has 0 aliphatic heterocycles. The highest BCUT2D eigenvalue weighted by atomic mass is 35.5. The smallest absolute Gasteiger partial charge is 0.222 e. The number of carbonyl (C=O) groups is 1. The summed E-state index contributed by atoms with van der Waals surface area (Å²) in [7, 11) is 1.86. The second-order valence-corrected chi connectivity index (χ2v) is 5.13. The van der Waals surface area contributed by atoms with E-state index >= 15 is 0 Å². The lowest BCUT2D eigenvalue weighted by molar-refractivity contribution is -0.131. The topological polar surface area (TPSA) is 46.3 Å². The number of rotatable bonds is 5. The van der Waals surface area contributed by atoms with Crippen LogP contribution in [0.15, 0.2) is 0 Å². The molecule has 0 bridgehead atoms. The summed E-state index contributed by atoms with van der Waals surface area (Å²) in [6.07, 6.45) is 8.51. The molecular weight excluding hydrogens is 236 g/mol. The van der Waals surface area contributed by atoms with Gasteiger partial charge in [-0.15, -0.1) is 12.4 Å². The van der Waals surface area contributed by atoms with Crippen molar-refractivity contribution >= 4 is 18.3 Å². The molecule has 1 unspecified atom stereocenters. The fourth-order valence-electron chi connectivity index (χ4n) is 2.38. The van der Waals surface area contributed by atoms with Gasteiger partial charge in [0.15, 0.2) is 0 Å². The molecule has 102 valence electrons. The van der Waals surface area contributed by atoms with Crippen LogP contribution in [0.5, 0.6) is 0 Å². The standard InChI is InChI=1S/C13H26N2O.ClH/c1-11(10-14)15(2)13(16)9-8-12-6-4-3-5-7-12;/h11-12H,3-10,14H2,1-2H3;1H. The quantitative estimate of drug-likeness (QED) is 0.828. The molecule has 1 saturated carbocycles. The van der Waals surface area contributed by atoms with Crippen molar-refractivity contribution in [3.63, 3.8) is 0 Å². The van der Waals surface area contributed by atoms with E-state index in [1.54, 1.807) is 4.90 Å². The lowest BCUT2D eigenvalue weighted by atomic mass is 9.86. The monoisotopic (exact) mass is 262 g/mol. The van der Waals surface area contributed by atoms with Gasteiger partial charge in [-0.05, 0) is 19.3 Å². The highest BCUT2D eigenvalue weighted by Gasteiger charge is 2.18. The van der Waals surface area contributed by atoms with E-state index in [1.165, 1.54) is 32.1 Å². The summed E-state index contributed by atoms with van der Waals surface area (Å²) in [5.74, 6) is 1.04. The number of likely N-dealkylation sites (N-methyl/N-ethyl adjacent to an activating group) is 1. The molecule has 3 nitrogen and oxygen atoms in total. The zero-order valence-corrected chi connectivity index (χ0v) is 12.0. The Morgan fingerprint density at radius 3 is 2.47 bits per heavy atom. The molecule has 1 amide bonds. The van der Waals surface area contributed by atoms with Crippen molar-refractivity contribution in [3.05, 3.63) is 0 Å². The lowest BCUT2D eigenvalue weighted by Crippen LogP contribution is -2.39. The van der Waals surface area contributed by atoms with E-state index in [9.17, 15) is 4.79 Å². The van der Waals surface area contributed by atoms with Crippen molar-refractivity contribution in [3.8, 4) is 0 Å². The number of nitrogens with two attached hydrogens (primary N) is 1. The van der Waals surface area contributed by atoms with Gasteiger partial charge in [-0.3, -0.25) is 4.79 Å². The third kappa shape index (κ3) is 5.73. The SMILES string of the molecule is CC(CN)N(C)C(=O)CCC1CCCCC1.Cl. The van der Waals surface area contributed by atoms with Crippen LogP contribution in [-0.4, -0.2) is 30.4 Å². The molecule has 1 aliphatic carbocycles. The van der Waals surface area contributed by atoms with E-state index in [-0.39, 0.29) is 24.4 Å². The van der Waals surface area contributed by atoms with Crippen LogP contribution < -0.4 is 5.73 Å². The first kappa shape index (κ1) is 16.7. The average molecular weight is 263 g/mol. The first-order valence-corrected chi connectivity index (χ1v) is 6.61. The average Bonchev–Trinajstić information content (AvgIpc) is 2.35. The van der Waals surface area contributed by atoms with Crippen LogP contribution in [0.25, 0.3) is 0 Å². The Bertz CT molecular complexity index is 217. The molecule has 0 aromatic rings. The molecule has 2 N–H and O–H groups in total. The number of hydrogen-bond donors (Lipinski definition) is 1. The highest BCUT2D eigenvalue weighted by Crippen LogP contribution is 2.27. The van der Waals surface area contributed by atoms with E-state index in [2.05, 4.69) is 0 Å². The van der Waals surface area contributed by atoms with Gasteiger partial charge in [-0.25, -0.2) is 0 Å². The number of nitrogens with zero attached hydrogens (tertiary/aromatic N) is 1. The minimum atomic E-state index is 0. The Morgan fingerprint density at radius 2 is 1.94 bits per heavy atom. The Morgan fingerprint density at radius 1 is 1.35 bits per heavy atom. The molecule has 1 atom stereocenters. The van der Waals surface area contributed by atoms with Gasteiger partial charge in [0.05, 0.1) is 0 Å². The first-order chi connectivity index (χ1) is 7.65. The summed E-state index contributed by atoms with van der Waals surface area (Å²) in [5, 5.41) is 0. The van der Waals surface area contributed by atoms with Crippen molar-refractivity contribution in [2.45, 2.75) is 57.9 Å². The second-order valence-electron chi connectivity index (χ2n) is 5.13. The minimum absolute atomic E-state index is 0. The molecule has 0 aromatic carbocycles. The van der Waals surface area contributed by atoms with Crippen molar-refractivity contribution in [2.24, 2.45) is 11.7 Å². The maximum atomic E-state index is 11.9. The van der Waals surface area contributed by atoms with Crippen LogP contribution in [0.2, 0.25) is 0 Å². The highest BCUT2D eigenvalue weighted by molar-refractivity contribution is 5.85. The van der Waals surface area contributed by atoms with E-state index in [4.69, 9.17) is 5.73 Å². The van der Waals surface area contributed by atoms with E-state index in [0.29, 0.717) is 13.0 Å². The van der Waals surface area contributed by atoms with E-state index in [0.717, 1.165) is 12.3 Å². The molecule has 0 heterocycles. The van der Waals surface area contributed by atoms with Gasteiger partial charge in [0, 0.05) is 26.1 Å². The molecule has 0 radical (unpaired) electrons. The summed E-state index contributed by atoms with van der Waals surface area (Å²) in [6, 6.07) is 0.166. The minimum Gasteiger partial charge on any atom is -0.342 e. The van der Waals surface area contributed by atoms with Crippen LogP contribution in [0.4, 0.5) is 0 Å². The fraction of sp³-hybridized carbons (Fsp3) is 0.923. The summed E-state index contributed by atoms with van der Waals surface area (Å²) >= 11 is 0. The molecule has 1 rings (SSSR count). The van der Waals surface area contributed by atoms with Crippen LogP contribution in [0, 0.1) is 5.92 Å². The second kappa shape index (κ2) is 8.76. The Hall–Kier alpha value is -0.280. The maximum absolute atomic E-state index is 11.9. The van der Waals surface area contributed by atoms with Gasteiger partial charge in [0.1, 0.15) is 0 Å². The molecule has 0 saturated heterocycles.